The van der Waals surface area contributed by atoms with Crippen LogP contribution in [0.4, 0.5) is 10.1 Å². The molecule has 34 heavy (non-hydrogen) atoms. The van der Waals surface area contributed by atoms with Crippen molar-refractivity contribution < 1.29 is 17.6 Å². The molecule has 5 nitrogen and oxygen atoms in total. The molecule has 0 fully saturated rings. The maximum atomic E-state index is 14.8. The number of hydrogen-bond acceptors (Lipinski definition) is 3. The van der Waals surface area contributed by atoms with E-state index in [1.807, 2.05) is 60.7 Å². The van der Waals surface area contributed by atoms with Crippen LogP contribution in [0.5, 0.6) is 0 Å². The summed E-state index contributed by atoms with van der Waals surface area (Å²) >= 11 is 6.02. The fraction of sp³-hybridized carbons (Fsp3) is 0.0385. The van der Waals surface area contributed by atoms with Gasteiger partial charge in [0, 0.05) is 0 Å². The lowest BCUT2D eigenvalue weighted by Gasteiger charge is -2.20. The van der Waals surface area contributed by atoms with Crippen molar-refractivity contribution in [2.24, 2.45) is 0 Å². The van der Waals surface area contributed by atoms with Crippen LogP contribution >= 0.6 is 11.6 Å². The summed E-state index contributed by atoms with van der Waals surface area (Å²) in [6, 6.07) is 27.2. The van der Waals surface area contributed by atoms with Crippen molar-refractivity contribution in [3.8, 4) is 0 Å². The molecule has 0 radical (unpaired) electrons. The summed E-state index contributed by atoms with van der Waals surface area (Å²) in [4.78, 5) is 12.2. The highest BCUT2D eigenvalue weighted by Gasteiger charge is 2.24. The van der Waals surface area contributed by atoms with Crippen LogP contribution in [0, 0.1) is 5.82 Å². The van der Waals surface area contributed by atoms with Gasteiger partial charge in [-0.25, -0.2) is 12.8 Å². The largest absolute Gasteiger partial charge is 0.319 e. The molecule has 0 aliphatic carbocycles. The zero-order chi connectivity index (χ0) is 24.1. The number of carbonyl (C=O) groups is 1. The number of amides is 1. The summed E-state index contributed by atoms with van der Waals surface area (Å²) in [7, 11) is -4.11. The van der Waals surface area contributed by atoms with E-state index in [4.69, 9.17) is 11.6 Å². The maximum Gasteiger partial charge on any atom is 0.257 e. The van der Waals surface area contributed by atoms with Gasteiger partial charge in [-0.1, -0.05) is 84.4 Å². The summed E-state index contributed by atoms with van der Waals surface area (Å²) in [5.74, 6) is -1.49. The van der Waals surface area contributed by atoms with E-state index in [0.29, 0.717) is 0 Å². The van der Waals surface area contributed by atoms with Gasteiger partial charge in [0.25, 0.3) is 5.91 Å². The molecular formula is C26H20ClFN2O3S. The molecule has 0 aliphatic rings. The van der Waals surface area contributed by atoms with Crippen LogP contribution < -0.4 is 10.0 Å². The van der Waals surface area contributed by atoms with Crippen molar-refractivity contribution in [1.82, 2.24) is 4.72 Å². The number of hydrogen-bond donors (Lipinski definition) is 2. The summed E-state index contributed by atoms with van der Waals surface area (Å²) < 4.78 is 43.8. The molecule has 0 heterocycles. The van der Waals surface area contributed by atoms with Gasteiger partial charge in [-0.3, -0.25) is 4.79 Å². The van der Waals surface area contributed by atoms with E-state index in [9.17, 15) is 17.6 Å². The fourth-order valence-corrected chi connectivity index (χ4v) is 4.89. The highest BCUT2D eigenvalue weighted by Crippen LogP contribution is 2.26. The number of nitrogens with one attached hydrogen (secondary N) is 2. The molecule has 0 saturated heterocycles. The van der Waals surface area contributed by atoms with E-state index in [2.05, 4.69) is 10.0 Å². The van der Waals surface area contributed by atoms with E-state index in [1.54, 1.807) is 18.2 Å². The number of rotatable bonds is 7. The lowest BCUT2D eigenvalue weighted by molar-refractivity contribution is 0.102. The topological polar surface area (TPSA) is 75.3 Å². The first-order chi connectivity index (χ1) is 16.3. The Bertz CT molecular complexity index is 1380. The van der Waals surface area contributed by atoms with E-state index in [-0.39, 0.29) is 21.2 Å². The minimum absolute atomic E-state index is 0.161. The van der Waals surface area contributed by atoms with Crippen LogP contribution in [0.15, 0.2) is 108 Å². The zero-order valence-electron chi connectivity index (χ0n) is 17.8. The number of benzene rings is 4. The maximum absolute atomic E-state index is 14.8. The van der Waals surface area contributed by atoms with Gasteiger partial charge in [0.15, 0.2) is 0 Å². The quantitative estimate of drug-likeness (QED) is 0.341. The van der Waals surface area contributed by atoms with Crippen molar-refractivity contribution in [2.75, 3.05) is 5.32 Å². The Morgan fingerprint density at radius 2 is 1.35 bits per heavy atom. The molecule has 4 rings (SSSR count). The highest BCUT2D eigenvalue weighted by molar-refractivity contribution is 7.89. The van der Waals surface area contributed by atoms with E-state index < -0.39 is 27.8 Å². The fourth-order valence-electron chi connectivity index (χ4n) is 3.44. The zero-order valence-corrected chi connectivity index (χ0v) is 19.4. The number of anilines is 1. The monoisotopic (exact) mass is 494 g/mol. The molecule has 0 saturated carbocycles. The normalized spacial score (nSPS) is 11.4. The molecule has 0 aliphatic heterocycles. The standard InChI is InChI=1S/C26H20ClFN2O3S/c27-22-14-8-7-13-21(22)26(31)29-24-16-15-20(17-23(24)28)34(32,33)30-25(18-9-3-1-4-10-18)19-11-5-2-6-12-19/h1-17,25,30H,(H,29,31). The molecule has 0 bridgehead atoms. The van der Waals surface area contributed by atoms with Gasteiger partial charge >= 0.3 is 0 Å². The predicted octanol–water partition coefficient (Wildman–Crippen LogP) is 5.80. The summed E-state index contributed by atoms with van der Waals surface area (Å²) in [5, 5.41) is 2.64. The third-order valence-corrected chi connectivity index (χ3v) is 6.91. The third-order valence-electron chi connectivity index (χ3n) is 5.16. The van der Waals surface area contributed by atoms with Gasteiger partial charge in [-0.15, -0.1) is 0 Å². The van der Waals surface area contributed by atoms with Crippen LogP contribution in [0.2, 0.25) is 5.02 Å². The van der Waals surface area contributed by atoms with Crippen LogP contribution in [0.25, 0.3) is 0 Å². The van der Waals surface area contributed by atoms with Gasteiger partial charge in [0.05, 0.1) is 27.2 Å². The minimum Gasteiger partial charge on any atom is -0.319 e. The van der Waals surface area contributed by atoms with Crippen LogP contribution in [0.3, 0.4) is 0 Å². The van der Waals surface area contributed by atoms with Crippen LogP contribution in [-0.2, 0) is 10.0 Å². The Hall–Kier alpha value is -3.52. The second-order valence-electron chi connectivity index (χ2n) is 7.45. The summed E-state index contributed by atoms with van der Waals surface area (Å²) in [6.45, 7) is 0. The van der Waals surface area contributed by atoms with Crippen molar-refractivity contribution >= 4 is 33.2 Å². The van der Waals surface area contributed by atoms with E-state index in [0.717, 1.165) is 17.2 Å². The Morgan fingerprint density at radius 3 is 1.91 bits per heavy atom. The second-order valence-corrected chi connectivity index (χ2v) is 9.57. The van der Waals surface area contributed by atoms with Crippen molar-refractivity contribution in [1.29, 1.82) is 0 Å². The Morgan fingerprint density at radius 1 is 0.794 bits per heavy atom. The molecule has 4 aromatic carbocycles. The third kappa shape index (κ3) is 5.34. The van der Waals surface area contributed by atoms with E-state index >= 15 is 0 Å². The van der Waals surface area contributed by atoms with Gasteiger partial charge in [-0.2, -0.15) is 4.72 Å². The number of carbonyl (C=O) groups excluding carboxylic acids is 1. The lowest BCUT2D eigenvalue weighted by atomic mass is 10.00. The van der Waals surface area contributed by atoms with Crippen molar-refractivity contribution in [3.05, 3.63) is 131 Å². The van der Waals surface area contributed by atoms with Gasteiger partial charge in [-0.05, 0) is 41.5 Å². The Balaban J connectivity index is 1.60. The Kier molecular flexibility index (Phi) is 7.07. The number of sulfonamides is 1. The van der Waals surface area contributed by atoms with Crippen LogP contribution in [0.1, 0.15) is 27.5 Å². The average Bonchev–Trinajstić information content (AvgIpc) is 2.85. The summed E-state index contributed by atoms with van der Waals surface area (Å²) in [5.41, 5.74) is 1.49. The second kappa shape index (κ2) is 10.2. The SMILES string of the molecule is O=C(Nc1ccc(S(=O)(=O)NC(c2ccccc2)c2ccccc2)cc1F)c1ccccc1Cl. The smallest absolute Gasteiger partial charge is 0.257 e. The van der Waals surface area contributed by atoms with Gasteiger partial charge in [0.1, 0.15) is 5.82 Å². The van der Waals surface area contributed by atoms with Gasteiger partial charge < -0.3 is 5.32 Å². The highest BCUT2D eigenvalue weighted by atomic mass is 35.5. The number of halogens is 2. The molecule has 2 N–H and O–H groups in total. The molecule has 0 atom stereocenters. The first-order valence-corrected chi connectivity index (χ1v) is 12.2. The molecule has 172 valence electrons. The first kappa shape index (κ1) is 23.6. The predicted molar refractivity (Wildman–Crippen MR) is 131 cm³/mol. The molecule has 0 spiro atoms. The summed E-state index contributed by atoms with van der Waals surface area (Å²) in [6.07, 6.45) is 0. The van der Waals surface area contributed by atoms with Crippen molar-refractivity contribution in [3.63, 3.8) is 0 Å². The molecule has 8 heteroatoms. The van der Waals surface area contributed by atoms with E-state index in [1.165, 1.54) is 18.2 Å². The van der Waals surface area contributed by atoms with Gasteiger partial charge in [0.2, 0.25) is 10.0 Å². The molecule has 0 unspecified atom stereocenters. The Labute approximate surface area is 202 Å². The average molecular weight is 495 g/mol. The molecule has 0 aromatic heterocycles. The minimum atomic E-state index is -4.11. The molecule has 1 amide bonds. The van der Waals surface area contributed by atoms with Crippen molar-refractivity contribution in [2.45, 2.75) is 10.9 Å². The molecule has 4 aromatic rings. The molecular weight excluding hydrogens is 475 g/mol. The first-order valence-electron chi connectivity index (χ1n) is 10.3. The lowest BCUT2D eigenvalue weighted by Crippen LogP contribution is -2.29. The van der Waals surface area contributed by atoms with Crippen LogP contribution in [-0.4, -0.2) is 14.3 Å².